The van der Waals surface area contributed by atoms with Crippen molar-refractivity contribution in [3.63, 3.8) is 0 Å². The second-order valence-electron chi connectivity index (χ2n) is 5.20. The topological polar surface area (TPSA) is 80.3 Å². The smallest absolute Gasteiger partial charge is 0.271 e. The van der Waals surface area contributed by atoms with E-state index in [0.29, 0.717) is 22.1 Å². The van der Waals surface area contributed by atoms with Crippen molar-refractivity contribution < 1.29 is 14.3 Å². The quantitative estimate of drug-likeness (QED) is 0.690. The van der Waals surface area contributed by atoms with Gasteiger partial charge in [0.25, 0.3) is 11.8 Å². The third-order valence-corrected chi connectivity index (χ3v) is 3.72. The van der Waals surface area contributed by atoms with Crippen LogP contribution in [0, 0.1) is 0 Å². The number of benzene rings is 2. The van der Waals surface area contributed by atoms with Gasteiger partial charge < -0.3 is 4.74 Å². The Bertz CT molecular complexity index is 932. The summed E-state index contributed by atoms with van der Waals surface area (Å²) in [5, 5.41) is 0.298. The lowest BCUT2D eigenvalue weighted by Gasteiger charge is -2.10. The standard InChI is InChI=1S/C19H14ClN3O3/c20-17-7-2-1-6-16(17)19(25)23-22-18(24)13-4-3-5-15(12-13)26-14-8-10-21-11-9-14/h1-12H,(H,22,24)(H,23,25). The molecule has 130 valence electrons. The van der Waals surface area contributed by atoms with Crippen LogP contribution in [0.25, 0.3) is 0 Å². The minimum Gasteiger partial charge on any atom is -0.457 e. The van der Waals surface area contributed by atoms with Crippen molar-refractivity contribution in [2.45, 2.75) is 0 Å². The van der Waals surface area contributed by atoms with Crippen molar-refractivity contribution in [3.05, 3.63) is 89.2 Å². The minimum absolute atomic E-state index is 0.268. The maximum atomic E-state index is 12.2. The van der Waals surface area contributed by atoms with Crippen LogP contribution in [0.5, 0.6) is 11.5 Å². The average Bonchev–Trinajstić information content (AvgIpc) is 2.67. The van der Waals surface area contributed by atoms with E-state index < -0.39 is 11.8 Å². The van der Waals surface area contributed by atoms with Crippen LogP contribution in [-0.4, -0.2) is 16.8 Å². The number of carbonyl (C=O) groups excluding carboxylic acids is 2. The largest absolute Gasteiger partial charge is 0.457 e. The van der Waals surface area contributed by atoms with E-state index in [1.807, 2.05) is 0 Å². The molecule has 2 N–H and O–H groups in total. The van der Waals surface area contributed by atoms with Gasteiger partial charge in [-0.3, -0.25) is 25.4 Å². The first-order chi connectivity index (χ1) is 12.6. The zero-order chi connectivity index (χ0) is 18.4. The first-order valence-corrected chi connectivity index (χ1v) is 8.04. The van der Waals surface area contributed by atoms with E-state index in [1.54, 1.807) is 73.1 Å². The second-order valence-corrected chi connectivity index (χ2v) is 5.61. The van der Waals surface area contributed by atoms with Crippen molar-refractivity contribution in [2.75, 3.05) is 0 Å². The van der Waals surface area contributed by atoms with Gasteiger partial charge in [-0.2, -0.15) is 0 Å². The highest BCUT2D eigenvalue weighted by Crippen LogP contribution is 2.21. The maximum Gasteiger partial charge on any atom is 0.271 e. The number of hydrogen-bond acceptors (Lipinski definition) is 4. The zero-order valence-corrected chi connectivity index (χ0v) is 14.2. The van der Waals surface area contributed by atoms with Crippen molar-refractivity contribution in [1.82, 2.24) is 15.8 Å². The molecule has 0 bridgehead atoms. The predicted octanol–water partition coefficient (Wildman–Crippen LogP) is 3.60. The molecule has 0 saturated carbocycles. The summed E-state index contributed by atoms with van der Waals surface area (Å²) < 4.78 is 5.66. The first kappa shape index (κ1) is 17.4. The van der Waals surface area contributed by atoms with Gasteiger partial charge in [0.15, 0.2) is 0 Å². The Hall–Kier alpha value is -3.38. The molecule has 0 saturated heterocycles. The average molecular weight is 368 g/mol. The maximum absolute atomic E-state index is 12.2. The lowest BCUT2D eigenvalue weighted by atomic mass is 10.2. The fourth-order valence-electron chi connectivity index (χ4n) is 2.14. The van der Waals surface area contributed by atoms with E-state index in [-0.39, 0.29) is 5.56 Å². The van der Waals surface area contributed by atoms with Crippen LogP contribution in [0.15, 0.2) is 73.1 Å². The number of nitrogens with one attached hydrogen (secondary N) is 2. The Balaban J connectivity index is 1.64. The summed E-state index contributed by atoms with van der Waals surface area (Å²) in [6.07, 6.45) is 3.21. The Morgan fingerprint density at radius 3 is 2.35 bits per heavy atom. The van der Waals surface area contributed by atoms with E-state index >= 15 is 0 Å². The summed E-state index contributed by atoms with van der Waals surface area (Å²) in [5.74, 6) is 0.101. The Kier molecular flexibility index (Phi) is 5.46. The minimum atomic E-state index is -0.506. The number of ether oxygens (including phenoxy) is 1. The molecule has 0 radical (unpaired) electrons. The Labute approximate surface area is 154 Å². The van der Waals surface area contributed by atoms with Gasteiger partial charge >= 0.3 is 0 Å². The van der Waals surface area contributed by atoms with Gasteiger partial charge in [0, 0.05) is 18.0 Å². The number of amides is 2. The highest BCUT2D eigenvalue weighted by molar-refractivity contribution is 6.33. The molecule has 7 heteroatoms. The van der Waals surface area contributed by atoms with E-state index in [9.17, 15) is 9.59 Å². The van der Waals surface area contributed by atoms with Gasteiger partial charge in [-0.05, 0) is 42.5 Å². The van der Waals surface area contributed by atoms with E-state index in [2.05, 4.69) is 15.8 Å². The number of hydrazine groups is 1. The molecule has 0 aliphatic heterocycles. The summed E-state index contributed by atoms with van der Waals surface area (Å²) in [7, 11) is 0. The molecule has 3 aromatic rings. The van der Waals surface area contributed by atoms with Crippen molar-refractivity contribution in [1.29, 1.82) is 0 Å². The van der Waals surface area contributed by atoms with Gasteiger partial charge in [0.05, 0.1) is 10.6 Å². The van der Waals surface area contributed by atoms with Crippen LogP contribution in [-0.2, 0) is 0 Å². The molecule has 6 nitrogen and oxygen atoms in total. The zero-order valence-electron chi connectivity index (χ0n) is 13.5. The van der Waals surface area contributed by atoms with Gasteiger partial charge in [-0.1, -0.05) is 29.8 Å². The number of nitrogens with zero attached hydrogens (tertiary/aromatic N) is 1. The monoisotopic (exact) mass is 367 g/mol. The Morgan fingerprint density at radius 2 is 1.58 bits per heavy atom. The van der Waals surface area contributed by atoms with Crippen LogP contribution in [0.1, 0.15) is 20.7 Å². The summed E-state index contributed by atoms with van der Waals surface area (Å²) in [6, 6.07) is 16.5. The molecule has 0 unspecified atom stereocenters. The van der Waals surface area contributed by atoms with Crippen LogP contribution < -0.4 is 15.6 Å². The highest BCUT2D eigenvalue weighted by Gasteiger charge is 2.12. The fourth-order valence-corrected chi connectivity index (χ4v) is 2.36. The van der Waals surface area contributed by atoms with Crippen molar-refractivity contribution >= 4 is 23.4 Å². The van der Waals surface area contributed by atoms with E-state index in [0.717, 1.165) is 0 Å². The van der Waals surface area contributed by atoms with Crippen LogP contribution >= 0.6 is 11.6 Å². The summed E-state index contributed by atoms with van der Waals surface area (Å²) in [5.41, 5.74) is 5.29. The van der Waals surface area contributed by atoms with Gasteiger partial charge in [0.2, 0.25) is 0 Å². The molecule has 26 heavy (non-hydrogen) atoms. The number of aromatic nitrogens is 1. The molecule has 0 atom stereocenters. The van der Waals surface area contributed by atoms with Crippen LogP contribution in [0.4, 0.5) is 0 Å². The molecule has 0 aliphatic rings. The van der Waals surface area contributed by atoms with E-state index in [1.165, 1.54) is 0 Å². The normalized spacial score (nSPS) is 10.0. The molecular weight excluding hydrogens is 354 g/mol. The summed E-state index contributed by atoms with van der Waals surface area (Å²) in [4.78, 5) is 28.2. The molecule has 0 fully saturated rings. The molecule has 1 heterocycles. The molecule has 0 spiro atoms. The third-order valence-electron chi connectivity index (χ3n) is 3.39. The number of rotatable bonds is 4. The number of carbonyl (C=O) groups is 2. The van der Waals surface area contributed by atoms with Gasteiger partial charge in [-0.15, -0.1) is 0 Å². The van der Waals surface area contributed by atoms with Crippen LogP contribution in [0.2, 0.25) is 5.02 Å². The third kappa shape index (κ3) is 4.37. The number of hydrogen-bond donors (Lipinski definition) is 2. The highest BCUT2D eigenvalue weighted by atomic mass is 35.5. The fraction of sp³-hybridized carbons (Fsp3) is 0. The lowest BCUT2D eigenvalue weighted by Crippen LogP contribution is -2.41. The van der Waals surface area contributed by atoms with Crippen LogP contribution in [0.3, 0.4) is 0 Å². The van der Waals surface area contributed by atoms with E-state index in [4.69, 9.17) is 16.3 Å². The first-order valence-electron chi connectivity index (χ1n) is 7.66. The van der Waals surface area contributed by atoms with Crippen molar-refractivity contribution in [3.8, 4) is 11.5 Å². The molecular formula is C19H14ClN3O3. The lowest BCUT2D eigenvalue weighted by molar-refractivity contribution is 0.0846. The van der Waals surface area contributed by atoms with Crippen molar-refractivity contribution in [2.24, 2.45) is 0 Å². The molecule has 2 aromatic carbocycles. The predicted molar refractivity (Wildman–Crippen MR) is 97.1 cm³/mol. The number of halogens is 1. The molecule has 2 amide bonds. The molecule has 0 aliphatic carbocycles. The van der Waals surface area contributed by atoms with Gasteiger partial charge in [0.1, 0.15) is 11.5 Å². The molecule has 1 aromatic heterocycles. The van der Waals surface area contributed by atoms with Gasteiger partial charge in [-0.25, -0.2) is 0 Å². The second kappa shape index (κ2) is 8.13. The summed E-state index contributed by atoms with van der Waals surface area (Å²) in [6.45, 7) is 0. The number of pyridine rings is 1. The Morgan fingerprint density at radius 1 is 0.846 bits per heavy atom. The SMILES string of the molecule is O=C(NNC(=O)c1ccccc1Cl)c1cccc(Oc2ccncc2)c1. The molecule has 3 rings (SSSR count). The summed E-state index contributed by atoms with van der Waals surface area (Å²) >= 11 is 5.95.